The standard InChI is InChI=1S/C24H29N5O3S/c1-18-6-5-7-19(16-18)23(30)25-24(33)28-14-12-26(13-15-28)20-8-9-21(29(31)32)22(17-20)27-10-3-2-4-11-27/h5-9,16-17H,2-4,10-15H2,1H3,(H,25,30,33). The van der Waals surface area contributed by atoms with Crippen molar-refractivity contribution >= 4 is 40.3 Å². The number of aryl methyl sites for hydroxylation is 1. The molecule has 0 unspecified atom stereocenters. The minimum absolute atomic E-state index is 0.166. The summed E-state index contributed by atoms with van der Waals surface area (Å²) in [6.07, 6.45) is 3.30. The summed E-state index contributed by atoms with van der Waals surface area (Å²) < 4.78 is 0. The van der Waals surface area contributed by atoms with Gasteiger partial charge in [0, 0.05) is 56.6 Å². The molecule has 2 fully saturated rings. The molecule has 2 aliphatic rings. The fourth-order valence-corrected chi connectivity index (χ4v) is 4.73. The lowest BCUT2D eigenvalue weighted by atomic mass is 10.1. The number of piperidine rings is 1. The average molecular weight is 468 g/mol. The lowest BCUT2D eigenvalue weighted by Gasteiger charge is -2.37. The van der Waals surface area contributed by atoms with Crippen molar-refractivity contribution in [1.29, 1.82) is 0 Å². The number of hydrogen-bond donors (Lipinski definition) is 1. The molecule has 2 saturated heterocycles. The monoisotopic (exact) mass is 467 g/mol. The first kappa shape index (κ1) is 23.0. The number of anilines is 2. The lowest BCUT2D eigenvalue weighted by Crippen LogP contribution is -2.52. The molecule has 4 rings (SSSR count). The first-order valence-electron chi connectivity index (χ1n) is 11.4. The van der Waals surface area contributed by atoms with Crippen LogP contribution in [-0.4, -0.2) is 60.1 Å². The van der Waals surface area contributed by atoms with Crippen LogP contribution in [0.3, 0.4) is 0 Å². The van der Waals surface area contributed by atoms with Crippen molar-refractivity contribution in [2.24, 2.45) is 0 Å². The third-order valence-corrected chi connectivity index (χ3v) is 6.65. The Labute approximate surface area is 199 Å². The highest BCUT2D eigenvalue weighted by atomic mass is 32.1. The van der Waals surface area contributed by atoms with E-state index in [0.717, 1.165) is 50.3 Å². The van der Waals surface area contributed by atoms with Gasteiger partial charge in [-0.15, -0.1) is 0 Å². The number of nitro benzene ring substituents is 1. The smallest absolute Gasteiger partial charge is 0.292 e. The molecule has 1 N–H and O–H groups in total. The molecule has 174 valence electrons. The average Bonchev–Trinajstić information content (AvgIpc) is 2.84. The zero-order valence-electron chi connectivity index (χ0n) is 18.8. The van der Waals surface area contributed by atoms with Gasteiger partial charge >= 0.3 is 0 Å². The van der Waals surface area contributed by atoms with E-state index in [1.807, 2.05) is 42.2 Å². The molecule has 2 aliphatic heterocycles. The fraction of sp³-hybridized carbons (Fsp3) is 0.417. The third-order valence-electron chi connectivity index (χ3n) is 6.29. The predicted octanol–water partition coefficient (Wildman–Crippen LogP) is 3.73. The van der Waals surface area contributed by atoms with E-state index in [0.29, 0.717) is 29.5 Å². The normalized spacial score (nSPS) is 16.5. The first-order valence-corrected chi connectivity index (χ1v) is 11.8. The second kappa shape index (κ2) is 10.2. The van der Waals surface area contributed by atoms with Gasteiger partial charge in [-0.3, -0.25) is 20.2 Å². The van der Waals surface area contributed by atoms with Gasteiger partial charge in [0.15, 0.2) is 5.11 Å². The summed E-state index contributed by atoms with van der Waals surface area (Å²) in [5.74, 6) is -0.201. The molecule has 2 heterocycles. The zero-order valence-corrected chi connectivity index (χ0v) is 19.6. The van der Waals surface area contributed by atoms with Gasteiger partial charge in [0.05, 0.1) is 4.92 Å². The highest BCUT2D eigenvalue weighted by Gasteiger charge is 2.25. The van der Waals surface area contributed by atoms with Crippen LogP contribution in [0.1, 0.15) is 35.2 Å². The highest BCUT2D eigenvalue weighted by Crippen LogP contribution is 2.34. The number of amides is 1. The Bertz CT molecular complexity index is 1050. The number of carbonyl (C=O) groups excluding carboxylic acids is 1. The fourth-order valence-electron chi connectivity index (χ4n) is 4.45. The van der Waals surface area contributed by atoms with Crippen LogP contribution in [0, 0.1) is 17.0 Å². The first-order chi connectivity index (χ1) is 15.9. The summed E-state index contributed by atoms with van der Waals surface area (Å²) in [5, 5.41) is 14.9. The van der Waals surface area contributed by atoms with Gasteiger partial charge in [-0.1, -0.05) is 17.7 Å². The number of carbonyl (C=O) groups is 1. The van der Waals surface area contributed by atoms with Crippen LogP contribution in [0.2, 0.25) is 0 Å². The number of benzene rings is 2. The summed E-state index contributed by atoms with van der Waals surface area (Å²) in [6, 6.07) is 12.8. The van der Waals surface area contributed by atoms with Crippen molar-refractivity contribution in [2.75, 3.05) is 49.1 Å². The largest absolute Gasteiger partial charge is 0.368 e. The maximum Gasteiger partial charge on any atom is 0.292 e. The van der Waals surface area contributed by atoms with Crippen LogP contribution >= 0.6 is 12.2 Å². The molecule has 0 spiro atoms. The Balaban J connectivity index is 1.39. The number of nitrogens with zero attached hydrogens (tertiary/aromatic N) is 4. The third kappa shape index (κ3) is 5.42. The summed E-state index contributed by atoms with van der Waals surface area (Å²) in [6.45, 7) is 6.44. The number of nitrogens with one attached hydrogen (secondary N) is 1. The number of rotatable bonds is 4. The van der Waals surface area contributed by atoms with E-state index in [-0.39, 0.29) is 16.5 Å². The van der Waals surface area contributed by atoms with Gasteiger partial charge < -0.3 is 14.7 Å². The molecule has 0 bridgehead atoms. The van der Waals surface area contributed by atoms with E-state index in [4.69, 9.17) is 12.2 Å². The van der Waals surface area contributed by atoms with Crippen molar-refractivity contribution in [3.63, 3.8) is 0 Å². The number of piperazine rings is 1. The van der Waals surface area contributed by atoms with Crippen molar-refractivity contribution in [1.82, 2.24) is 10.2 Å². The van der Waals surface area contributed by atoms with Gasteiger partial charge in [-0.2, -0.15) is 0 Å². The minimum Gasteiger partial charge on any atom is -0.368 e. The van der Waals surface area contributed by atoms with E-state index >= 15 is 0 Å². The van der Waals surface area contributed by atoms with Crippen molar-refractivity contribution in [3.8, 4) is 0 Å². The summed E-state index contributed by atoms with van der Waals surface area (Å²) in [4.78, 5) is 30.2. The van der Waals surface area contributed by atoms with E-state index in [9.17, 15) is 14.9 Å². The van der Waals surface area contributed by atoms with E-state index in [1.54, 1.807) is 12.1 Å². The Morgan fingerprint density at radius 1 is 0.970 bits per heavy atom. The molecule has 0 radical (unpaired) electrons. The van der Waals surface area contributed by atoms with E-state index < -0.39 is 0 Å². The second-order valence-electron chi connectivity index (χ2n) is 8.58. The quantitative estimate of drug-likeness (QED) is 0.417. The maximum atomic E-state index is 12.5. The molecule has 2 aromatic carbocycles. The van der Waals surface area contributed by atoms with Gasteiger partial charge in [0.1, 0.15) is 5.69 Å². The Hall–Kier alpha value is -3.20. The van der Waals surface area contributed by atoms with Gasteiger partial charge in [-0.25, -0.2) is 0 Å². The zero-order chi connectivity index (χ0) is 23.4. The predicted molar refractivity (Wildman–Crippen MR) is 134 cm³/mol. The van der Waals surface area contributed by atoms with Gasteiger partial charge in [0.2, 0.25) is 0 Å². The van der Waals surface area contributed by atoms with Crippen molar-refractivity contribution in [2.45, 2.75) is 26.2 Å². The molecule has 9 heteroatoms. The van der Waals surface area contributed by atoms with E-state index in [2.05, 4.69) is 15.1 Å². The topological polar surface area (TPSA) is 82.0 Å². The highest BCUT2D eigenvalue weighted by molar-refractivity contribution is 7.80. The minimum atomic E-state index is -0.291. The SMILES string of the molecule is Cc1cccc(C(=O)NC(=S)N2CCN(c3ccc([N+](=O)[O-])c(N4CCCCC4)c3)CC2)c1. The van der Waals surface area contributed by atoms with Crippen LogP contribution < -0.4 is 15.1 Å². The van der Waals surface area contributed by atoms with Crippen LogP contribution in [-0.2, 0) is 0 Å². The maximum absolute atomic E-state index is 12.5. The Morgan fingerprint density at radius 2 is 1.70 bits per heavy atom. The molecule has 0 aliphatic carbocycles. The Kier molecular flexibility index (Phi) is 7.08. The lowest BCUT2D eigenvalue weighted by molar-refractivity contribution is -0.384. The number of nitro groups is 1. The summed E-state index contributed by atoms with van der Waals surface area (Å²) in [7, 11) is 0. The van der Waals surface area contributed by atoms with Crippen LogP contribution in [0.25, 0.3) is 0 Å². The molecule has 8 nitrogen and oxygen atoms in total. The van der Waals surface area contributed by atoms with E-state index in [1.165, 1.54) is 6.42 Å². The van der Waals surface area contributed by atoms with Crippen molar-refractivity contribution in [3.05, 3.63) is 63.7 Å². The molecular formula is C24H29N5O3S. The number of thiocarbonyl (C=S) groups is 1. The molecule has 33 heavy (non-hydrogen) atoms. The van der Waals surface area contributed by atoms with Gasteiger partial charge in [-0.05, 0) is 62.7 Å². The van der Waals surface area contributed by atoms with Crippen LogP contribution in [0.5, 0.6) is 0 Å². The molecule has 2 aromatic rings. The molecular weight excluding hydrogens is 438 g/mol. The second-order valence-corrected chi connectivity index (χ2v) is 8.97. The number of hydrogen-bond acceptors (Lipinski definition) is 6. The molecule has 1 amide bonds. The van der Waals surface area contributed by atoms with Crippen LogP contribution in [0.4, 0.5) is 17.1 Å². The van der Waals surface area contributed by atoms with Gasteiger partial charge in [0.25, 0.3) is 11.6 Å². The molecule has 0 saturated carbocycles. The van der Waals surface area contributed by atoms with Crippen molar-refractivity contribution < 1.29 is 9.72 Å². The molecule has 0 aromatic heterocycles. The summed E-state index contributed by atoms with van der Waals surface area (Å²) >= 11 is 5.48. The summed E-state index contributed by atoms with van der Waals surface area (Å²) in [5.41, 5.74) is 3.47. The van der Waals surface area contributed by atoms with Crippen LogP contribution in [0.15, 0.2) is 42.5 Å². The molecule has 0 atom stereocenters. The Morgan fingerprint density at radius 3 is 2.36 bits per heavy atom.